The molecule has 7 nitrogen and oxygen atoms in total. The third kappa shape index (κ3) is 8.08. The van der Waals surface area contributed by atoms with Crippen molar-refractivity contribution in [3.05, 3.63) is 129 Å². The predicted octanol–water partition coefficient (Wildman–Crippen LogP) is 6.69. The maximum Gasteiger partial charge on any atom is 0.264 e. The Kier molecular flexibility index (Phi) is 11.2. The highest BCUT2D eigenvalue weighted by Gasteiger charge is 2.35. The van der Waals surface area contributed by atoms with Crippen molar-refractivity contribution in [1.29, 1.82) is 0 Å². The fourth-order valence-electron chi connectivity index (χ4n) is 4.90. The second-order valence-corrected chi connectivity index (χ2v) is 13.6. The van der Waals surface area contributed by atoms with Gasteiger partial charge in [-0.25, -0.2) is 8.42 Å². The van der Waals surface area contributed by atoms with Crippen LogP contribution >= 0.6 is 27.5 Å². The smallest absolute Gasteiger partial charge is 0.264 e. The summed E-state index contributed by atoms with van der Waals surface area (Å²) < 4.78 is 30.3. The van der Waals surface area contributed by atoms with Gasteiger partial charge in [0.25, 0.3) is 10.0 Å². The lowest BCUT2D eigenvalue weighted by molar-refractivity contribution is -0.140. The minimum Gasteiger partial charge on any atom is -0.355 e. The molecule has 0 bridgehead atoms. The van der Waals surface area contributed by atoms with E-state index in [0.29, 0.717) is 17.1 Å². The minimum absolute atomic E-state index is 0.0402. The molecule has 2 amide bonds. The Labute approximate surface area is 273 Å². The standard InChI is InChI=1S/C34H35BrClN3O4S/c1-4-37-34(41)32(21-26-10-6-5-7-11-26)38(22-27-12-8-13-28(35)20-27)33(40)23-39(31-15-9-14-30(36)25(31)3)44(42,43)29-18-16-24(2)17-19-29/h5-20,32H,4,21-23H2,1-3H3,(H,37,41)/t32-/m0/s1. The number of anilines is 1. The van der Waals surface area contributed by atoms with Crippen molar-refractivity contribution >= 4 is 55.1 Å². The molecule has 4 aromatic carbocycles. The number of benzene rings is 4. The Bertz CT molecular complexity index is 1720. The number of hydrogen-bond donors (Lipinski definition) is 1. The summed E-state index contributed by atoms with van der Waals surface area (Å²) in [6.07, 6.45) is 0.243. The van der Waals surface area contributed by atoms with Crippen LogP contribution in [-0.2, 0) is 32.6 Å². The van der Waals surface area contributed by atoms with Crippen molar-refractivity contribution in [1.82, 2.24) is 10.2 Å². The molecule has 0 aromatic heterocycles. The van der Waals surface area contributed by atoms with Crippen LogP contribution in [0, 0.1) is 13.8 Å². The second-order valence-electron chi connectivity index (χ2n) is 10.5. The number of nitrogens with zero attached hydrogens (tertiary/aromatic N) is 2. The van der Waals surface area contributed by atoms with Crippen molar-refractivity contribution in [2.24, 2.45) is 0 Å². The average molecular weight is 697 g/mol. The van der Waals surface area contributed by atoms with Crippen LogP contribution in [0.1, 0.15) is 29.2 Å². The number of rotatable bonds is 12. The quantitative estimate of drug-likeness (QED) is 0.179. The first-order valence-corrected chi connectivity index (χ1v) is 16.8. The Hall–Kier alpha value is -3.66. The molecule has 230 valence electrons. The van der Waals surface area contributed by atoms with Gasteiger partial charge in [-0.2, -0.15) is 0 Å². The van der Waals surface area contributed by atoms with E-state index in [-0.39, 0.29) is 29.5 Å². The number of sulfonamides is 1. The minimum atomic E-state index is -4.21. The van der Waals surface area contributed by atoms with Crippen LogP contribution in [0.15, 0.2) is 106 Å². The molecule has 0 unspecified atom stereocenters. The molecule has 0 saturated heterocycles. The summed E-state index contributed by atoms with van der Waals surface area (Å²) in [5.41, 5.74) is 3.34. The zero-order valence-corrected chi connectivity index (χ0v) is 28.0. The summed E-state index contributed by atoms with van der Waals surface area (Å²) in [6, 6.07) is 27.4. The van der Waals surface area contributed by atoms with Gasteiger partial charge in [0.15, 0.2) is 0 Å². The number of nitrogens with one attached hydrogen (secondary N) is 1. The Balaban J connectivity index is 1.83. The van der Waals surface area contributed by atoms with E-state index in [1.54, 1.807) is 37.3 Å². The highest BCUT2D eigenvalue weighted by Crippen LogP contribution is 2.31. The van der Waals surface area contributed by atoms with E-state index in [9.17, 15) is 18.0 Å². The molecule has 0 spiro atoms. The van der Waals surface area contributed by atoms with Gasteiger partial charge in [-0.3, -0.25) is 13.9 Å². The third-order valence-electron chi connectivity index (χ3n) is 7.26. The van der Waals surface area contributed by atoms with Crippen LogP contribution in [0.2, 0.25) is 5.02 Å². The first-order chi connectivity index (χ1) is 21.0. The predicted molar refractivity (Wildman–Crippen MR) is 179 cm³/mol. The van der Waals surface area contributed by atoms with Crippen LogP contribution < -0.4 is 9.62 Å². The van der Waals surface area contributed by atoms with Crippen molar-refractivity contribution in [2.45, 2.75) is 44.7 Å². The third-order valence-corrected chi connectivity index (χ3v) is 9.94. The lowest BCUT2D eigenvalue weighted by Crippen LogP contribution is -2.53. The van der Waals surface area contributed by atoms with Gasteiger partial charge in [0, 0.05) is 29.0 Å². The average Bonchev–Trinajstić information content (AvgIpc) is 3.00. The van der Waals surface area contributed by atoms with E-state index < -0.39 is 28.5 Å². The molecule has 0 heterocycles. The van der Waals surface area contributed by atoms with E-state index in [2.05, 4.69) is 21.2 Å². The van der Waals surface area contributed by atoms with E-state index in [1.807, 2.05) is 68.4 Å². The van der Waals surface area contributed by atoms with Crippen LogP contribution in [0.5, 0.6) is 0 Å². The first-order valence-electron chi connectivity index (χ1n) is 14.2. The molecule has 1 N–H and O–H groups in total. The number of carbonyl (C=O) groups is 2. The fourth-order valence-corrected chi connectivity index (χ4v) is 6.98. The summed E-state index contributed by atoms with van der Waals surface area (Å²) in [4.78, 5) is 29.6. The summed E-state index contributed by atoms with van der Waals surface area (Å²) in [5.74, 6) is -0.862. The molecule has 0 radical (unpaired) electrons. The number of likely N-dealkylation sites (N-methyl/N-ethyl adjacent to an activating group) is 1. The Morgan fingerprint density at radius 3 is 2.20 bits per heavy atom. The summed E-state index contributed by atoms with van der Waals surface area (Å²) in [6.45, 7) is 5.31. The number of hydrogen-bond acceptors (Lipinski definition) is 4. The van der Waals surface area contributed by atoms with E-state index >= 15 is 0 Å². The largest absolute Gasteiger partial charge is 0.355 e. The Morgan fingerprint density at radius 2 is 1.55 bits per heavy atom. The van der Waals surface area contributed by atoms with Crippen LogP contribution in [0.25, 0.3) is 0 Å². The molecule has 0 aliphatic rings. The van der Waals surface area contributed by atoms with Crippen molar-refractivity contribution in [3.8, 4) is 0 Å². The molecule has 0 aliphatic heterocycles. The molecule has 4 aromatic rings. The maximum absolute atomic E-state index is 14.5. The van der Waals surface area contributed by atoms with Crippen LogP contribution in [-0.4, -0.2) is 44.3 Å². The van der Waals surface area contributed by atoms with Crippen LogP contribution in [0.3, 0.4) is 0 Å². The van der Waals surface area contributed by atoms with Gasteiger partial charge in [-0.15, -0.1) is 0 Å². The molecule has 0 saturated carbocycles. The van der Waals surface area contributed by atoms with Gasteiger partial charge in [-0.05, 0) is 73.9 Å². The summed E-state index contributed by atoms with van der Waals surface area (Å²) >= 11 is 9.93. The zero-order valence-electron chi connectivity index (χ0n) is 24.8. The fraction of sp³-hybridized carbons (Fsp3) is 0.235. The van der Waals surface area contributed by atoms with Crippen LogP contribution in [0.4, 0.5) is 5.69 Å². The molecule has 10 heteroatoms. The van der Waals surface area contributed by atoms with Gasteiger partial charge in [0.2, 0.25) is 11.8 Å². The molecular weight excluding hydrogens is 662 g/mol. The zero-order chi connectivity index (χ0) is 31.9. The summed E-state index contributed by atoms with van der Waals surface area (Å²) in [5, 5.41) is 3.24. The summed E-state index contributed by atoms with van der Waals surface area (Å²) in [7, 11) is -4.21. The first kappa shape index (κ1) is 33.2. The lowest BCUT2D eigenvalue weighted by atomic mass is 10.0. The van der Waals surface area contributed by atoms with Crippen molar-refractivity contribution < 1.29 is 18.0 Å². The maximum atomic E-state index is 14.5. The van der Waals surface area contributed by atoms with Crippen molar-refractivity contribution in [2.75, 3.05) is 17.4 Å². The Morgan fingerprint density at radius 1 is 0.886 bits per heavy atom. The van der Waals surface area contributed by atoms with Gasteiger partial charge >= 0.3 is 0 Å². The number of halogens is 2. The lowest BCUT2D eigenvalue weighted by Gasteiger charge is -2.34. The topological polar surface area (TPSA) is 86.8 Å². The van der Waals surface area contributed by atoms with Crippen molar-refractivity contribution in [3.63, 3.8) is 0 Å². The molecule has 1 atom stereocenters. The van der Waals surface area contributed by atoms with Gasteiger partial charge < -0.3 is 10.2 Å². The van der Waals surface area contributed by atoms with Gasteiger partial charge in [0.05, 0.1) is 10.6 Å². The molecule has 0 fully saturated rings. The van der Waals surface area contributed by atoms with Gasteiger partial charge in [0.1, 0.15) is 12.6 Å². The molecule has 44 heavy (non-hydrogen) atoms. The highest BCUT2D eigenvalue weighted by molar-refractivity contribution is 9.10. The monoisotopic (exact) mass is 695 g/mol. The number of amides is 2. The molecule has 4 rings (SSSR count). The van der Waals surface area contributed by atoms with E-state index in [0.717, 1.165) is 25.5 Å². The molecule has 0 aliphatic carbocycles. The number of carbonyl (C=O) groups excluding carboxylic acids is 2. The van der Waals surface area contributed by atoms with E-state index in [1.165, 1.54) is 17.0 Å². The van der Waals surface area contributed by atoms with E-state index in [4.69, 9.17) is 11.6 Å². The SMILES string of the molecule is CCNC(=O)[C@H](Cc1ccccc1)N(Cc1cccc(Br)c1)C(=O)CN(c1cccc(Cl)c1C)S(=O)(=O)c1ccc(C)cc1. The number of aryl methyl sites for hydroxylation is 1. The van der Waals surface area contributed by atoms with Gasteiger partial charge in [-0.1, -0.05) is 93.8 Å². The molecular formula is C34H35BrClN3O4S. The second kappa shape index (κ2) is 14.9. The highest BCUT2D eigenvalue weighted by atomic mass is 79.9. The normalized spacial score (nSPS) is 11.9.